The Morgan fingerprint density at radius 1 is 0.609 bits per heavy atom. The van der Waals surface area contributed by atoms with Crippen molar-refractivity contribution < 1.29 is 0 Å². The molecular weight excluding hydrogens is 280 g/mol. The zero-order chi connectivity index (χ0) is 16.8. The lowest BCUT2D eigenvalue weighted by Crippen LogP contribution is -2.07. The Balaban J connectivity index is 2.96. The van der Waals surface area contributed by atoms with Gasteiger partial charge in [0, 0.05) is 13.1 Å². The topological polar surface area (TPSA) is 38.0 Å². The molecule has 0 saturated heterocycles. The van der Waals surface area contributed by atoms with E-state index in [1.165, 1.54) is 103 Å². The van der Waals surface area contributed by atoms with Gasteiger partial charge in [-0.1, -0.05) is 109 Å². The Morgan fingerprint density at radius 3 is 1.39 bits per heavy atom. The molecule has 0 aliphatic heterocycles. The van der Waals surface area contributed by atoms with Crippen molar-refractivity contribution in [3.05, 3.63) is 12.3 Å². The number of nitrogens with one attached hydrogen (secondary N) is 1. The molecule has 23 heavy (non-hydrogen) atoms. The van der Waals surface area contributed by atoms with Crippen LogP contribution in [-0.2, 0) is 0 Å². The van der Waals surface area contributed by atoms with Crippen molar-refractivity contribution in [2.45, 2.75) is 110 Å². The van der Waals surface area contributed by atoms with Gasteiger partial charge in [-0.25, -0.2) is 0 Å². The fraction of sp³-hybridized carbons (Fsp3) is 0.905. The van der Waals surface area contributed by atoms with Gasteiger partial charge in [0.15, 0.2) is 0 Å². The summed E-state index contributed by atoms with van der Waals surface area (Å²) in [7, 11) is 0. The highest BCUT2D eigenvalue weighted by atomic mass is 14.8. The van der Waals surface area contributed by atoms with E-state index in [1.54, 1.807) is 0 Å². The zero-order valence-corrected chi connectivity index (χ0v) is 16.0. The van der Waals surface area contributed by atoms with E-state index >= 15 is 0 Å². The summed E-state index contributed by atoms with van der Waals surface area (Å²) in [6, 6.07) is 0. The number of nitrogens with two attached hydrogens (primary N) is 1. The van der Waals surface area contributed by atoms with Gasteiger partial charge < -0.3 is 11.1 Å². The number of unbranched alkanes of at least 4 members (excludes halogenated alkanes) is 15. The van der Waals surface area contributed by atoms with Gasteiger partial charge in [0.05, 0.1) is 0 Å². The second kappa shape index (κ2) is 21.5. The third-order valence-electron chi connectivity index (χ3n) is 4.55. The standard InChI is InChI=1S/C21H44N2/c1-2-3-4-5-6-7-8-9-10-11-12-13-14-15-16-17-20-23-21-18-19-22/h18,21,23H,2-17,19-20,22H2,1H3. The zero-order valence-electron chi connectivity index (χ0n) is 16.0. The third kappa shape index (κ3) is 21.5. The summed E-state index contributed by atoms with van der Waals surface area (Å²) in [5.74, 6) is 0. The predicted molar refractivity (Wildman–Crippen MR) is 106 cm³/mol. The van der Waals surface area contributed by atoms with E-state index in [2.05, 4.69) is 12.2 Å². The molecular formula is C21H44N2. The van der Waals surface area contributed by atoms with Crippen molar-refractivity contribution in [2.75, 3.05) is 13.1 Å². The SMILES string of the molecule is CCCCCCCCCCCCCCCCCCNC=CCN. The van der Waals surface area contributed by atoms with Gasteiger partial charge in [-0.2, -0.15) is 0 Å². The van der Waals surface area contributed by atoms with Crippen LogP contribution < -0.4 is 11.1 Å². The summed E-state index contributed by atoms with van der Waals surface area (Å²) in [6.45, 7) is 4.01. The first kappa shape index (κ1) is 22.5. The summed E-state index contributed by atoms with van der Waals surface area (Å²) < 4.78 is 0. The smallest absolute Gasteiger partial charge is 0.0141 e. The lowest BCUT2D eigenvalue weighted by molar-refractivity contribution is 0.528. The van der Waals surface area contributed by atoms with Crippen LogP contribution in [0.15, 0.2) is 12.3 Å². The molecule has 0 spiro atoms. The van der Waals surface area contributed by atoms with Crippen molar-refractivity contribution in [2.24, 2.45) is 5.73 Å². The summed E-state index contributed by atoms with van der Waals surface area (Å²) in [6.07, 6.45) is 26.8. The Hall–Kier alpha value is -0.500. The maximum absolute atomic E-state index is 5.38. The van der Waals surface area contributed by atoms with E-state index < -0.39 is 0 Å². The van der Waals surface area contributed by atoms with Crippen LogP contribution in [-0.4, -0.2) is 13.1 Å². The molecule has 2 nitrogen and oxygen atoms in total. The first-order valence-electron chi connectivity index (χ1n) is 10.5. The average Bonchev–Trinajstić information content (AvgIpc) is 2.57. The molecule has 0 aromatic carbocycles. The predicted octanol–water partition coefficient (Wildman–Crippen LogP) is 6.31. The highest BCUT2D eigenvalue weighted by molar-refractivity contribution is 4.79. The van der Waals surface area contributed by atoms with Crippen LogP contribution >= 0.6 is 0 Å². The fourth-order valence-electron chi connectivity index (χ4n) is 3.01. The molecule has 3 N–H and O–H groups in total. The van der Waals surface area contributed by atoms with Crippen molar-refractivity contribution in [3.63, 3.8) is 0 Å². The minimum atomic E-state index is 0.631. The molecule has 0 aromatic rings. The second-order valence-corrected chi connectivity index (χ2v) is 6.90. The first-order valence-corrected chi connectivity index (χ1v) is 10.5. The van der Waals surface area contributed by atoms with Crippen LogP contribution in [0.2, 0.25) is 0 Å². The molecule has 2 heteroatoms. The molecule has 0 unspecified atom stereocenters. The molecule has 0 bridgehead atoms. The lowest BCUT2D eigenvalue weighted by atomic mass is 10.0. The van der Waals surface area contributed by atoms with Crippen LogP contribution in [0.4, 0.5) is 0 Å². The molecule has 0 aliphatic rings. The quantitative estimate of drug-likeness (QED) is 0.273. The van der Waals surface area contributed by atoms with Crippen molar-refractivity contribution in [3.8, 4) is 0 Å². The first-order chi connectivity index (χ1) is 11.4. The molecule has 0 rings (SSSR count). The van der Waals surface area contributed by atoms with E-state index in [-0.39, 0.29) is 0 Å². The van der Waals surface area contributed by atoms with E-state index in [1.807, 2.05) is 12.3 Å². The molecule has 0 atom stereocenters. The summed E-state index contributed by atoms with van der Waals surface area (Å²) in [5, 5.41) is 3.28. The van der Waals surface area contributed by atoms with Crippen molar-refractivity contribution in [1.29, 1.82) is 0 Å². The van der Waals surface area contributed by atoms with Gasteiger partial charge in [-0.15, -0.1) is 0 Å². The van der Waals surface area contributed by atoms with E-state index in [9.17, 15) is 0 Å². The molecule has 0 amide bonds. The van der Waals surface area contributed by atoms with Gasteiger partial charge in [0.1, 0.15) is 0 Å². The van der Waals surface area contributed by atoms with Gasteiger partial charge in [-0.3, -0.25) is 0 Å². The van der Waals surface area contributed by atoms with Crippen LogP contribution in [0.3, 0.4) is 0 Å². The van der Waals surface area contributed by atoms with Crippen molar-refractivity contribution >= 4 is 0 Å². The van der Waals surface area contributed by atoms with Crippen molar-refractivity contribution in [1.82, 2.24) is 5.32 Å². The lowest BCUT2D eigenvalue weighted by Gasteiger charge is -2.04. The minimum absolute atomic E-state index is 0.631. The molecule has 0 saturated carbocycles. The third-order valence-corrected chi connectivity index (χ3v) is 4.55. The van der Waals surface area contributed by atoms with Crippen LogP contribution in [0.5, 0.6) is 0 Å². The van der Waals surface area contributed by atoms with Crippen LogP contribution in [0, 0.1) is 0 Å². The fourth-order valence-corrected chi connectivity index (χ4v) is 3.01. The molecule has 0 radical (unpaired) electrons. The molecule has 0 fully saturated rings. The van der Waals surface area contributed by atoms with Gasteiger partial charge in [0.2, 0.25) is 0 Å². The number of rotatable bonds is 19. The van der Waals surface area contributed by atoms with E-state index in [0.29, 0.717) is 6.54 Å². The van der Waals surface area contributed by atoms with Gasteiger partial charge in [0.25, 0.3) is 0 Å². The molecule has 0 aliphatic carbocycles. The van der Waals surface area contributed by atoms with Gasteiger partial charge in [-0.05, 0) is 12.6 Å². The normalized spacial score (nSPS) is 11.4. The summed E-state index contributed by atoms with van der Waals surface area (Å²) in [4.78, 5) is 0. The summed E-state index contributed by atoms with van der Waals surface area (Å²) >= 11 is 0. The number of hydrogen-bond acceptors (Lipinski definition) is 2. The summed E-state index contributed by atoms with van der Waals surface area (Å²) in [5.41, 5.74) is 5.38. The molecule has 138 valence electrons. The maximum Gasteiger partial charge on any atom is 0.0141 e. The molecule has 0 aromatic heterocycles. The highest BCUT2D eigenvalue weighted by Gasteiger charge is 1.94. The Kier molecular flexibility index (Phi) is 21.0. The van der Waals surface area contributed by atoms with Gasteiger partial charge >= 0.3 is 0 Å². The highest BCUT2D eigenvalue weighted by Crippen LogP contribution is 2.13. The monoisotopic (exact) mass is 324 g/mol. The van der Waals surface area contributed by atoms with E-state index in [4.69, 9.17) is 5.73 Å². The number of hydrogen-bond donors (Lipinski definition) is 2. The molecule has 0 heterocycles. The minimum Gasteiger partial charge on any atom is -0.391 e. The largest absolute Gasteiger partial charge is 0.391 e. The van der Waals surface area contributed by atoms with Crippen LogP contribution in [0.1, 0.15) is 110 Å². The second-order valence-electron chi connectivity index (χ2n) is 6.90. The van der Waals surface area contributed by atoms with Crippen LogP contribution in [0.25, 0.3) is 0 Å². The Morgan fingerprint density at radius 2 is 1.00 bits per heavy atom. The van der Waals surface area contributed by atoms with E-state index in [0.717, 1.165) is 6.54 Å². The maximum atomic E-state index is 5.38. The average molecular weight is 325 g/mol. The Labute approximate surface area is 146 Å². The Bertz CT molecular complexity index is 226.